The number of hydrogen-bond donors (Lipinski definition) is 4. The molecule has 0 aliphatic carbocycles. The molecule has 0 amide bonds. The van der Waals surface area contributed by atoms with Crippen LogP contribution in [-0.2, 0) is 0 Å². The summed E-state index contributed by atoms with van der Waals surface area (Å²) in [7, 11) is 0. The highest BCUT2D eigenvalue weighted by Gasteiger charge is 2.31. The zero-order chi connectivity index (χ0) is 16.6. The molecule has 4 N–H and O–H groups in total. The summed E-state index contributed by atoms with van der Waals surface area (Å²) in [6.07, 6.45) is 2.63. The summed E-state index contributed by atoms with van der Waals surface area (Å²) in [6, 6.07) is 3.56. The second kappa shape index (κ2) is 6.85. The van der Waals surface area contributed by atoms with Crippen LogP contribution in [0, 0.1) is 0 Å². The molecule has 3 heterocycles. The van der Waals surface area contributed by atoms with Crippen LogP contribution in [0.3, 0.4) is 0 Å². The Morgan fingerprint density at radius 2 is 2.08 bits per heavy atom. The number of halogens is 2. The average Bonchev–Trinajstić information content (AvgIpc) is 3.22. The van der Waals surface area contributed by atoms with E-state index in [4.69, 9.17) is 4.42 Å². The molecular formula is C15H18ClFN6O2. The van der Waals surface area contributed by atoms with Gasteiger partial charge in [0.1, 0.15) is 5.67 Å². The zero-order valence-electron chi connectivity index (χ0n) is 13.3. The fourth-order valence-corrected chi connectivity index (χ4v) is 2.98. The van der Waals surface area contributed by atoms with E-state index >= 15 is 0 Å². The van der Waals surface area contributed by atoms with Gasteiger partial charge in [0.2, 0.25) is 5.89 Å². The largest absolute Gasteiger partial charge is 0.434 e. The number of hydrogen-bond acceptors (Lipinski definition) is 6. The molecule has 3 aromatic rings. The van der Waals surface area contributed by atoms with Gasteiger partial charge < -0.3 is 15.1 Å². The molecule has 0 unspecified atom stereocenters. The predicted molar refractivity (Wildman–Crippen MR) is 93.9 cm³/mol. The number of H-pyrrole nitrogens is 2. The summed E-state index contributed by atoms with van der Waals surface area (Å²) in [6.45, 7) is 1.57. The van der Waals surface area contributed by atoms with Gasteiger partial charge >= 0.3 is 5.76 Å². The summed E-state index contributed by atoms with van der Waals surface area (Å²) in [5.74, 6) is -0.446. The van der Waals surface area contributed by atoms with Gasteiger partial charge in [0.05, 0.1) is 11.7 Å². The van der Waals surface area contributed by atoms with Crippen molar-refractivity contribution in [3.05, 3.63) is 28.9 Å². The standard InChI is InChI=1S/C15H17FN6O2.ClH/c16-15(1-3-17-4-2-15)8-18-11-5-9(13-21-22-14(23)24-13)6-12-10(11)7-19-20-12;/h5-7,17-18H,1-4,8H2,(H,19,20)(H,22,23);1H. The molecule has 25 heavy (non-hydrogen) atoms. The highest BCUT2D eigenvalue weighted by Crippen LogP contribution is 2.30. The summed E-state index contributed by atoms with van der Waals surface area (Å²) in [5.41, 5.74) is 0.832. The van der Waals surface area contributed by atoms with Crippen molar-refractivity contribution in [3.8, 4) is 11.5 Å². The lowest BCUT2D eigenvalue weighted by atomic mass is 9.94. The Kier molecular flexibility index (Phi) is 4.78. The number of anilines is 1. The minimum Gasteiger partial charge on any atom is -0.388 e. The fourth-order valence-electron chi connectivity index (χ4n) is 2.98. The Morgan fingerprint density at radius 3 is 2.80 bits per heavy atom. The monoisotopic (exact) mass is 368 g/mol. The number of benzene rings is 1. The van der Waals surface area contributed by atoms with Crippen LogP contribution < -0.4 is 16.4 Å². The number of aromatic nitrogens is 4. The molecule has 1 aliphatic heterocycles. The van der Waals surface area contributed by atoms with Gasteiger partial charge in [-0.05, 0) is 38.1 Å². The molecule has 8 nitrogen and oxygen atoms in total. The Hall–Kier alpha value is -2.39. The van der Waals surface area contributed by atoms with Gasteiger partial charge in [0.25, 0.3) is 0 Å². The average molecular weight is 369 g/mol. The van der Waals surface area contributed by atoms with Gasteiger partial charge in [0.15, 0.2) is 0 Å². The first-order valence-electron chi connectivity index (χ1n) is 7.80. The summed E-state index contributed by atoms with van der Waals surface area (Å²) in [5, 5.41) is 20.1. The lowest BCUT2D eigenvalue weighted by Gasteiger charge is -2.30. The van der Waals surface area contributed by atoms with Crippen LogP contribution in [-0.4, -0.2) is 45.7 Å². The first kappa shape index (κ1) is 17.4. The second-order valence-corrected chi connectivity index (χ2v) is 6.03. The van der Waals surface area contributed by atoms with E-state index in [0.29, 0.717) is 31.5 Å². The molecule has 0 saturated carbocycles. The van der Waals surface area contributed by atoms with Crippen molar-refractivity contribution in [1.29, 1.82) is 0 Å². The van der Waals surface area contributed by atoms with E-state index in [-0.39, 0.29) is 24.8 Å². The molecule has 4 rings (SSSR count). The van der Waals surface area contributed by atoms with Gasteiger partial charge in [-0.2, -0.15) is 5.10 Å². The van der Waals surface area contributed by atoms with E-state index in [9.17, 15) is 9.18 Å². The number of aromatic amines is 2. The second-order valence-electron chi connectivity index (χ2n) is 6.03. The molecule has 0 radical (unpaired) electrons. The maximum Gasteiger partial charge on any atom is 0.434 e. The van der Waals surface area contributed by atoms with Crippen molar-refractivity contribution in [2.75, 3.05) is 25.0 Å². The number of nitrogens with zero attached hydrogens (tertiary/aromatic N) is 2. The third-order valence-corrected chi connectivity index (χ3v) is 4.34. The van der Waals surface area contributed by atoms with E-state index in [1.54, 1.807) is 18.3 Å². The van der Waals surface area contributed by atoms with Crippen LogP contribution in [0.5, 0.6) is 0 Å². The Balaban J connectivity index is 0.00000182. The molecule has 1 saturated heterocycles. The van der Waals surface area contributed by atoms with E-state index in [2.05, 4.69) is 31.0 Å². The molecule has 0 spiro atoms. The van der Waals surface area contributed by atoms with Gasteiger partial charge in [0, 0.05) is 23.2 Å². The lowest BCUT2D eigenvalue weighted by Crippen LogP contribution is -2.43. The van der Waals surface area contributed by atoms with Crippen molar-refractivity contribution < 1.29 is 8.81 Å². The topological polar surface area (TPSA) is 112 Å². The quantitative estimate of drug-likeness (QED) is 0.559. The third-order valence-electron chi connectivity index (χ3n) is 4.34. The van der Waals surface area contributed by atoms with E-state index in [0.717, 1.165) is 16.6 Å². The highest BCUT2D eigenvalue weighted by molar-refractivity contribution is 5.94. The lowest BCUT2D eigenvalue weighted by molar-refractivity contribution is 0.131. The molecule has 1 aromatic carbocycles. The zero-order valence-corrected chi connectivity index (χ0v) is 14.1. The van der Waals surface area contributed by atoms with Gasteiger partial charge in [-0.15, -0.1) is 17.5 Å². The maximum absolute atomic E-state index is 14.8. The molecular weight excluding hydrogens is 351 g/mol. The van der Waals surface area contributed by atoms with Crippen LogP contribution in [0.25, 0.3) is 22.4 Å². The van der Waals surface area contributed by atoms with Crippen LogP contribution in [0.1, 0.15) is 12.8 Å². The first-order chi connectivity index (χ1) is 11.6. The normalized spacial score (nSPS) is 16.5. The molecule has 2 aromatic heterocycles. The van der Waals surface area contributed by atoms with Crippen LogP contribution >= 0.6 is 12.4 Å². The van der Waals surface area contributed by atoms with Crippen molar-refractivity contribution >= 4 is 29.0 Å². The maximum atomic E-state index is 14.8. The van der Waals surface area contributed by atoms with Crippen LogP contribution in [0.2, 0.25) is 0 Å². The van der Waals surface area contributed by atoms with E-state index in [1.165, 1.54) is 0 Å². The number of fused-ring (bicyclic) bond motifs is 1. The summed E-state index contributed by atoms with van der Waals surface area (Å²) < 4.78 is 19.8. The van der Waals surface area contributed by atoms with E-state index < -0.39 is 11.4 Å². The minimum absolute atomic E-state index is 0. The summed E-state index contributed by atoms with van der Waals surface area (Å²) >= 11 is 0. The minimum atomic E-state index is -1.24. The SMILES string of the molecule is Cl.O=c1[nH]nc(-c2cc(NCC3(F)CCNCC3)c3cn[nH]c3c2)o1. The molecule has 0 atom stereocenters. The van der Waals surface area contributed by atoms with Crippen molar-refractivity contribution in [1.82, 2.24) is 25.7 Å². The van der Waals surface area contributed by atoms with Crippen molar-refractivity contribution in [3.63, 3.8) is 0 Å². The molecule has 0 bridgehead atoms. The van der Waals surface area contributed by atoms with Gasteiger partial charge in [-0.1, -0.05) is 0 Å². The molecule has 10 heteroatoms. The fraction of sp³-hybridized carbons (Fsp3) is 0.400. The van der Waals surface area contributed by atoms with Gasteiger partial charge in [-0.3, -0.25) is 5.10 Å². The van der Waals surface area contributed by atoms with Crippen LogP contribution in [0.15, 0.2) is 27.5 Å². The van der Waals surface area contributed by atoms with Crippen molar-refractivity contribution in [2.45, 2.75) is 18.5 Å². The number of piperidine rings is 1. The Labute approximate surface area is 148 Å². The van der Waals surface area contributed by atoms with Crippen LogP contribution in [0.4, 0.5) is 10.1 Å². The van der Waals surface area contributed by atoms with E-state index in [1.807, 2.05) is 0 Å². The molecule has 134 valence electrons. The Bertz CT molecular complexity index is 914. The first-order valence-corrected chi connectivity index (χ1v) is 7.80. The van der Waals surface area contributed by atoms with Gasteiger partial charge in [-0.25, -0.2) is 14.3 Å². The number of alkyl halides is 1. The highest BCUT2D eigenvalue weighted by atomic mass is 35.5. The third kappa shape index (κ3) is 3.52. The smallest absolute Gasteiger partial charge is 0.388 e. The Morgan fingerprint density at radius 1 is 1.28 bits per heavy atom. The molecule has 1 fully saturated rings. The summed E-state index contributed by atoms with van der Waals surface area (Å²) in [4.78, 5) is 11.2. The number of rotatable bonds is 4. The molecule has 1 aliphatic rings. The number of nitrogens with one attached hydrogen (secondary N) is 4. The van der Waals surface area contributed by atoms with Crippen molar-refractivity contribution in [2.24, 2.45) is 0 Å². The predicted octanol–water partition coefficient (Wildman–Crippen LogP) is 1.83.